The molecule has 5 nitrogen and oxygen atoms in total. The summed E-state index contributed by atoms with van der Waals surface area (Å²) < 4.78 is 0. The maximum Gasteiger partial charge on any atom is 0.221 e. The number of benzene rings is 2. The molecule has 0 saturated carbocycles. The van der Waals surface area contributed by atoms with Gasteiger partial charge in [-0.15, -0.1) is 0 Å². The van der Waals surface area contributed by atoms with Crippen molar-refractivity contribution in [1.82, 2.24) is 0 Å². The summed E-state index contributed by atoms with van der Waals surface area (Å²) in [6.45, 7) is 13.3. The van der Waals surface area contributed by atoms with Gasteiger partial charge in [-0.2, -0.15) is 0 Å². The third-order valence-electron chi connectivity index (χ3n) is 4.40. The minimum atomic E-state index is -0.293. The standard InChI is InChI=1S/C21H26ClN3O2/c1-6-16-18(12-19(23-14(5)26)21(27)20(16)22)24-17-10-9-15(11-13(17)4)25(7-2)8-3/h6,9-12,24,27H,1,7-8H2,2-5H3,(H,23,26). The van der Waals surface area contributed by atoms with E-state index in [2.05, 4.69) is 48.1 Å². The van der Waals surface area contributed by atoms with Crippen molar-refractivity contribution in [3.63, 3.8) is 0 Å². The normalized spacial score (nSPS) is 10.4. The molecule has 0 heterocycles. The Morgan fingerprint density at radius 3 is 2.41 bits per heavy atom. The summed E-state index contributed by atoms with van der Waals surface area (Å²) in [6, 6.07) is 7.85. The number of hydrogen-bond acceptors (Lipinski definition) is 4. The van der Waals surface area contributed by atoms with Crippen LogP contribution in [-0.2, 0) is 4.79 Å². The second kappa shape index (κ2) is 8.82. The number of nitrogens with one attached hydrogen (secondary N) is 2. The predicted octanol–water partition coefficient (Wildman–Crippen LogP) is 5.55. The zero-order chi connectivity index (χ0) is 20.1. The molecule has 0 fully saturated rings. The molecule has 0 atom stereocenters. The summed E-state index contributed by atoms with van der Waals surface area (Å²) in [5.74, 6) is -0.473. The van der Waals surface area contributed by atoms with Gasteiger partial charge in [0.15, 0.2) is 5.75 Å². The number of carbonyl (C=O) groups is 1. The van der Waals surface area contributed by atoms with Gasteiger partial charge < -0.3 is 20.6 Å². The molecule has 2 aromatic carbocycles. The largest absolute Gasteiger partial charge is 0.504 e. The summed E-state index contributed by atoms with van der Waals surface area (Å²) in [5, 5.41) is 16.3. The van der Waals surface area contributed by atoms with Crippen LogP contribution in [0.1, 0.15) is 31.9 Å². The number of anilines is 4. The Balaban J connectivity index is 2.45. The highest BCUT2D eigenvalue weighted by atomic mass is 35.5. The summed E-state index contributed by atoms with van der Waals surface area (Å²) in [5.41, 5.74) is 4.60. The van der Waals surface area contributed by atoms with E-state index in [-0.39, 0.29) is 22.4 Å². The van der Waals surface area contributed by atoms with Crippen LogP contribution in [0, 0.1) is 6.92 Å². The second-order valence-corrected chi connectivity index (χ2v) is 6.61. The Bertz CT molecular complexity index is 861. The molecule has 0 unspecified atom stereocenters. The Labute approximate surface area is 165 Å². The van der Waals surface area contributed by atoms with Gasteiger partial charge in [0, 0.05) is 42.6 Å². The zero-order valence-corrected chi connectivity index (χ0v) is 16.9. The van der Waals surface area contributed by atoms with E-state index >= 15 is 0 Å². The van der Waals surface area contributed by atoms with Crippen LogP contribution in [0.5, 0.6) is 5.75 Å². The van der Waals surface area contributed by atoms with Gasteiger partial charge in [-0.1, -0.05) is 24.3 Å². The third kappa shape index (κ3) is 4.55. The van der Waals surface area contributed by atoms with Gasteiger partial charge in [-0.05, 0) is 50.6 Å². The van der Waals surface area contributed by atoms with E-state index < -0.39 is 0 Å². The molecule has 0 aliphatic heterocycles. The van der Waals surface area contributed by atoms with Gasteiger partial charge >= 0.3 is 0 Å². The highest BCUT2D eigenvalue weighted by Gasteiger charge is 2.16. The minimum Gasteiger partial charge on any atom is -0.504 e. The third-order valence-corrected chi connectivity index (χ3v) is 4.78. The van der Waals surface area contributed by atoms with Crippen LogP contribution >= 0.6 is 11.6 Å². The quantitative estimate of drug-likeness (QED) is 0.430. The van der Waals surface area contributed by atoms with Crippen molar-refractivity contribution < 1.29 is 9.90 Å². The lowest BCUT2D eigenvalue weighted by Crippen LogP contribution is -2.21. The molecule has 0 aliphatic rings. The van der Waals surface area contributed by atoms with Crippen molar-refractivity contribution in [3.05, 3.63) is 47.0 Å². The van der Waals surface area contributed by atoms with E-state index in [1.165, 1.54) is 6.92 Å². The van der Waals surface area contributed by atoms with E-state index in [0.29, 0.717) is 11.3 Å². The van der Waals surface area contributed by atoms with Crippen molar-refractivity contribution in [3.8, 4) is 5.75 Å². The van der Waals surface area contributed by atoms with Crippen LogP contribution in [-0.4, -0.2) is 24.1 Å². The SMILES string of the molecule is C=Cc1c(Nc2ccc(N(CC)CC)cc2C)cc(NC(C)=O)c(O)c1Cl. The van der Waals surface area contributed by atoms with Crippen LogP contribution in [0.25, 0.3) is 6.08 Å². The lowest BCUT2D eigenvalue weighted by Gasteiger charge is -2.23. The van der Waals surface area contributed by atoms with Gasteiger partial charge in [0.05, 0.1) is 10.7 Å². The fraction of sp³-hybridized carbons (Fsp3) is 0.286. The molecule has 6 heteroatoms. The Morgan fingerprint density at radius 1 is 1.22 bits per heavy atom. The molecule has 0 aliphatic carbocycles. The molecule has 3 N–H and O–H groups in total. The summed E-state index contributed by atoms with van der Waals surface area (Å²) in [7, 11) is 0. The van der Waals surface area contributed by atoms with Crippen LogP contribution < -0.4 is 15.5 Å². The van der Waals surface area contributed by atoms with Crippen molar-refractivity contribution in [2.45, 2.75) is 27.7 Å². The van der Waals surface area contributed by atoms with Crippen LogP contribution in [0.3, 0.4) is 0 Å². The molecule has 1 amide bonds. The average Bonchev–Trinajstić information content (AvgIpc) is 2.62. The van der Waals surface area contributed by atoms with E-state index in [9.17, 15) is 9.90 Å². The summed E-state index contributed by atoms with van der Waals surface area (Å²) >= 11 is 6.28. The molecule has 2 rings (SSSR count). The number of phenols is 1. The average molecular weight is 388 g/mol. The maximum absolute atomic E-state index is 11.4. The number of phenolic OH excluding ortho intramolecular Hbond substituents is 1. The van der Waals surface area contributed by atoms with Crippen LogP contribution in [0.4, 0.5) is 22.7 Å². The Morgan fingerprint density at radius 2 is 1.89 bits per heavy atom. The van der Waals surface area contributed by atoms with E-state index in [4.69, 9.17) is 11.6 Å². The number of aromatic hydroxyl groups is 1. The molecule has 0 radical (unpaired) electrons. The Hall–Kier alpha value is -2.66. The number of hydrogen-bond donors (Lipinski definition) is 3. The van der Waals surface area contributed by atoms with Crippen molar-refractivity contribution >= 4 is 46.3 Å². The molecular weight excluding hydrogens is 362 g/mol. The zero-order valence-electron chi connectivity index (χ0n) is 16.2. The Kier molecular flexibility index (Phi) is 6.75. The van der Waals surface area contributed by atoms with Gasteiger partial charge in [0.25, 0.3) is 0 Å². The molecule has 0 aromatic heterocycles. The lowest BCUT2D eigenvalue weighted by atomic mass is 10.1. The lowest BCUT2D eigenvalue weighted by molar-refractivity contribution is -0.114. The second-order valence-electron chi connectivity index (χ2n) is 6.23. The highest BCUT2D eigenvalue weighted by molar-refractivity contribution is 6.34. The van der Waals surface area contributed by atoms with Crippen molar-refractivity contribution in [1.29, 1.82) is 0 Å². The first-order valence-corrected chi connectivity index (χ1v) is 9.28. The molecule has 0 bridgehead atoms. The summed E-state index contributed by atoms with van der Waals surface area (Å²) in [4.78, 5) is 13.7. The number of halogens is 1. The molecular formula is C21H26ClN3O2. The van der Waals surface area contributed by atoms with Crippen molar-refractivity contribution in [2.75, 3.05) is 28.6 Å². The van der Waals surface area contributed by atoms with E-state index in [1.54, 1.807) is 12.1 Å². The first-order chi connectivity index (χ1) is 12.8. The van der Waals surface area contributed by atoms with E-state index in [0.717, 1.165) is 30.0 Å². The number of amides is 1. The van der Waals surface area contributed by atoms with Gasteiger partial charge in [0.2, 0.25) is 5.91 Å². The maximum atomic E-state index is 11.4. The topological polar surface area (TPSA) is 64.6 Å². The molecule has 27 heavy (non-hydrogen) atoms. The predicted molar refractivity (Wildman–Crippen MR) is 116 cm³/mol. The van der Waals surface area contributed by atoms with Crippen molar-refractivity contribution in [2.24, 2.45) is 0 Å². The summed E-state index contributed by atoms with van der Waals surface area (Å²) in [6.07, 6.45) is 1.57. The van der Waals surface area contributed by atoms with Crippen LogP contribution in [0.2, 0.25) is 5.02 Å². The number of aryl methyl sites for hydroxylation is 1. The first kappa shape index (κ1) is 20.6. The number of carbonyl (C=O) groups excluding carboxylic acids is 1. The fourth-order valence-corrected chi connectivity index (χ4v) is 3.24. The fourth-order valence-electron chi connectivity index (χ4n) is 2.96. The molecule has 0 spiro atoms. The molecule has 144 valence electrons. The van der Waals surface area contributed by atoms with Gasteiger partial charge in [0.1, 0.15) is 0 Å². The monoisotopic (exact) mass is 387 g/mol. The first-order valence-electron chi connectivity index (χ1n) is 8.90. The number of nitrogens with zero attached hydrogens (tertiary/aromatic N) is 1. The molecule has 0 saturated heterocycles. The molecule has 2 aromatic rings. The number of rotatable bonds is 7. The minimum absolute atomic E-state index is 0.135. The van der Waals surface area contributed by atoms with Gasteiger partial charge in [-0.25, -0.2) is 0 Å². The highest BCUT2D eigenvalue weighted by Crippen LogP contribution is 2.41. The van der Waals surface area contributed by atoms with E-state index in [1.807, 2.05) is 13.0 Å². The smallest absolute Gasteiger partial charge is 0.221 e. The van der Waals surface area contributed by atoms with Gasteiger partial charge in [-0.3, -0.25) is 4.79 Å². The van der Waals surface area contributed by atoms with Crippen LogP contribution in [0.15, 0.2) is 30.8 Å².